The molecule has 1 atom stereocenters. The third kappa shape index (κ3) is 7.00. The standard InChI is InChI=1S/C30H31N3O5/c1-19(2)17-25(32-23-13-9-21(10-14-23)29(36)31-16-15-28(34)35)30(37)33-24-11-7-20(8-12-24)27-18-22-5-3-4-6-26(22)38-27/h3-14,18-19,25,32H,15-17H2,1-2H3,(H,31,36)(H,33,37)(H,34,35)/t25-/m0/s1. The lowest BCUT2D eigenvalue weighted by Crippen LogP contribution is -2.35. The van der Waals surface area contributed by atoms with Crippen LogP contribution in [0.5, 0.6) is 0 Å². The summed E-state index contributed by atoms with van der Waals surface area (Å²) >= 11 is 0. The van der Waals surface area contributed by atoms with Crippen molar-refractivity contribution in [3.8, 4) is 11.3 Å². The Balaban J connectivity index is 1.39. The smallest absolute Gasteiger partial charge is 0.305 e. The van der Waals surface area contributed by atoms with Crippen molar-refractivity contribution in [3.05, 3.63) is 84.4 Å². The Morgan fingerprint density at radius 1 is 0.895 bits per heavy atom. The number of furan rings is 1. The Kier molecular flexibility index (Phi) is 8.43. The Hall–Kier alpha value is -4.59. The second kappa shape index (κ2) is 12.1. The molecule has 1 heterocycles. The van der Waals surface area contributed by atoms with E-state index in [1.807, 2.05) is 54.6 Å². The van der Waals surface area contributed by atoms with Crippen LogP contribution in [0.1, 0.15) is 37.0 Å². The lowest BCUT2D eigenvalue weighted by Gasteiger charge is -2.21. The van der Waals surface area contributed by atoms with Crippen molar-refractivity contribution in [2.45, 2.75) is 32.7 Å². The van der Waals surface area contributed by atoms with Crippen LogP contribution in [0.25, 0.3) is 22.3 Å². The second-order valence-corrected chi connectivity index (χ2v) is 9.52. The molecule has 196 valence electrons. The van der Waals surface area contributed by atoms with Gasteiger partial charge in [0, 0.05) is 34.4 Å². The van der Waals surface area contributed by atoms with Crippen molar-refractivity contribution < 1.29 is 23.9 Å². The summed E-state index contributed by atoms with van der Waals surface area (Å²) in [5.74, 6) is -0.442. The van der Waals surface area contributed by atoms with E-state index in [9.17, 15) is 14.4 Å². The van der Waals surface area contributed by atoms with E-state index < -0.39 is 12.0 Å². The Labute approximate surface area is 221 Å². The van der Waals surface area contributed by atoms with E-state index in [1.165, 1.54) is 0 Å². The fraction of sp³-hybridized carbons (Fsp3) is 0.233. The van der Waals surface area contributed by atoms with Gasteiger partial charge in [-0.3, -0.25) is 14.4 Å². The van der Waals surface area contributed by atoms with Gasteiger partial charge in [-0.05, 0) is 73.0 Å². The van der Waals surface area contributed by atoms with E-state index in [4.69, 9.17) is 9.52 Å². The van der Waals surface area contributed by atoms with Gasteiger partial charge < -0.3 is 25.5 Å². The topological polar surface area (TPSA) is 121 Å². The molecule has 8 nitrogen and oxygen atoms in total. The molecule has 0 saturated heterocycles. The van der Waals surface area contributed by atoms with Crippen LogP contribution in [0.2, 0.25) is 0 Å². The van der Waals surface area contributed by atoms with Crippen molar-refractivity contribution in [1.29, 1.82) is 0 Å². The number of carboxylic acids is 1. The summed E-state index contributed by atoms with van der Waals surface area (Å²) in [6, 6.07) is 23.6. The zero-order valence-electron chi connectivity index (χ0n) is 21.4. The molecule has 0 saturated carbocycles. The number of aliphatic carboxylic acids is 1. The normalized spacial score (nSPS) is 11.8. The van der Waals surface area contributed by atoms with E-state index in [1.54, 1.807) is 24.3 Å². The molecule has 0 radical (unpaired) electrons. The summed E-state index contributed by atoms with van der Waals surface area (Å²) in [7, 11) is 0. The van der Waals surface area contributed by atoms with Crippen LogP contribution in [0.4, 0.5) is 11.4 Å². The zero-order chi connectivity index (χ0) is 27.1. The van der Waals surface area contributed by atoms with Crippen LogP contribution >= 0.6 is 0 Å². The summed E-state index contributed by atoms with van der Waals surface area (Å²) in [5, 5.41) is 18.6. The number of benzene rings is 3. The number of hydrogen-bond donors (Lipinski definition) is 4. The first-order valence-electron chi connectivity index (χ1n) is 12.5. The summed E-state index contributed by atoms with van der Waals surface area (Å²) < 4.78 is 5.93. The molecular weight excluding hydrogens is 482 g/mol. The SMILES string of the molecule is CC(C)C[C@H](Nc1ccc(C(=O)NCCC(=O)O)cc1)C(=O)Nc1ccc(-c2cc3ccccc3o2)cc1. The van der Waals surface area contributed by atoms with Gasteiger partial charge in [-0.25, -0.2) is 0 Å². The van der Waals surface area contributed by atoms with Crippen molar-refractivity contribution in [1.82, 2.24) is 5.32 Å². The summed E-state index contributed by atoms with van der Waals surface area (Å²) in [4.78, 5) is 36.0. The lowest BCUT2D eigenvalue weighted by molar-refractivity contribution is -0.136. The molecule has 4 N–H and O–H groups in total. The molecule has 0 spiro atoms. The number of amides is 2. The summed E-state index contributed by atoms with van der Waals surface area (Å²) in [5.41, 5.74) is 3.54. The monoisotopic (exact) mass is 513 g/mol. The van der Waals surface area contributed by atoms with E-state index in [0.29, 0.717) is 23.4 Å². The van der Waals surface area contributed by atoms with Gasteiger partial charge in [0.05, 0.1) is 6.42 Å². The summed E-state index contributed by atoms with van der Waals surface area (Å²) in [6.07, 6.45) is 0.473. The average Bonchev–Trinajstić information content (AvgIpc) is 3.33. The molecule has 8 heteroatoms. The molecule has 0 fully saturated rings. The van der Waals surface area contributed by atoms with Crippen LogP contribution in [0.3, 0.4) is 0 Å². The second-order valence-electron chi connectivity index (χ2n) is 9.52. The predicted molar refractivity (Wildman–Crippen MR) is 148 cm³/mol. The van der Waals surface area contributed by atoms with Gasteiger partial charge in [0.2, 0.25) is 5.91 Å². The van der Waals surface area contributed by atoms with Gasteiger partial charge in [-0.15, -0.1) is 0 Å². The highest BCUT2D eigenvalue weighted by Gasteiger charge is 2.20. The number of fused-ring (bicyclic) bond motifs is 1. The highest BCUT2D eigenvalue weighted by atomic mass is 16.4. The molecule has 0 aliphatic rings. The zero-order valence-corrected chi connectivity index (χ0v) is 21.4. The molecule has 4 rings (SSSR count). The molecule has 3 aromatic carbocycles. The van der Waals surface area contributed by atoms with Crippen molar-refractivity contribution >= 4 is 40.1 Å². The molecule has 0 bridgehead atoms. The number of para-hydroxylation sites is 1. The minimum atomic E-state index is -0.971. The minimum absolute atomic E-state index is 0.0596. The third-order valence-corrected chi connectivity index (χ3v) is 6.00. The van der Waals surface area contributed by atoms with E-state index >= 15 is 0 Å². The van der Waals surface area contributed by atoms with Crippen LogP contribution in [-0.4, -0.2) is 35.5 Å². The number of carbonyl (C=O) groups is 3. The largest absolute Gasteiger partial charge is 0.481 e. The highest BCUT2D eigenvalue weighted by molar-refractivity contribution is 5.97. The number of rotatable bonds is 11. The van der Waals surface area contributed by atoms with Crippen LogP contribution < -0.4 is 16.0 Å². The van der Waals surface area contributed by atoms with Gasteiger partial charge in [0.25, 0.3) is 5.91 Å². The molecule has 0 aliphatic heterocycles. The van der Waals surface area contributed by atoms with Crippen molar-refractivity contribution in [2.24, 2.45) is 5.92 Å². The number of carboxylic acid groups (broad SMARTS) is 1. The molecule has 4 aromatic rings. The van der Waals surface area contributed by atoms with Crippen molar-refractivity contribution in [2.75, 3.05) is 17.2 Å². The average molecular weight is 514 g/mol. The minimum Gasteiger partial charge on any atom is -0.481 e. The van der Waals surface area contributed by atoms with Gasteiger partial charge in [-0.2, -0.15) is 0 Å². The predicted octanol–water partition coefficient (Wildman–Crippen LogP) is 5.77. The van der Waals surface area contributed by atoms with Gasteiger partial charge in [0.1, 0.15) is 17.4 Å². The van der Waals surface area contributed by atoms with Gasteiger partial charge >= 0.3 is 5.97 Å². The first kappa shape index (κ1) is 26.5. The van der Waals surface area contributed by atoms with E-state index in [-0.39, 0.29) is 30.7 Å². The maximum absolute atomic E-state index is 13.2. The lowest BCUT2D eigenvalue weighted by atomic mass is 10.0. The quantitative estimate of drug-likeness (QED) is 0.202. The Morgan fingerprint density at radius 2 is 1.58 bits per heavy atom. The third-order valence-electron chi connectivity index (χ3n) is 6.00. The Bertz CT molecular complexity index is 1380. The van der Waals surface area contributed by atoms with Gasteiger partial charge in [0.15, 0.2) is 0 Å². The van der Waals surface area contributed by atoms with Crippen LogP contribution in [-0.2, 0) is 9.59 Å². The van der Waals surface area contributed by atoms with Crippen LogP contribution in [0.15, 0.2) is 83.3 Å². The van der Waals surface area contributed by atoms with Crippen LogP contribution in [0, 0.1) is 5.92 Å². The molecule has 0 unspecified atom stereocenters. The molecule has 2 amide bonds. The summed E-state index contributed by atoms with van der Waals surface area (Å²) in [6.45, 7) is 4.16. The highest BCUT2D eigenvalue weighted by Crippen LogP contribution is 2.28. The fourth-order valence-electron chi connectivity index (χ4n) is 4.08. The number of nitrogens with one attached hydrogen (secondary N) is 3. The first-order valence-corrected chi connectivity index (χ1v) is 12.5. The van der Waals surface area contributed by atoms with Crippen molar-refractivity contribution in [3.63, 3.8) is 0 Å². The maximum Gasteiger partial charge on any atom is 0.305 e. The number of hydrogen-bond acceptors (Lipinski definition) is 5. The molecule has 1 aromatic heterocycles. The first-order chi connectivity index (χ1) is 18.3. The number of anilines is 2. The van der Waals surface area contributed by atoms with E-state index in [2.05, 4.69) is 29.8 Å². The molecule has 38 heavy (non-hydrogen) atoms. The Morgan fingerprint density at radius 3 is 2.24 bits per heavy atom. The molecular formula is C30H31N3O5. The van der Waals surface area contributed by atoms with E-state index in [0.717, 1.165) is 22.3 Å². The maximum atomic E-state index is 13.2. The fourth-order valence-corrected chi connectivity index (χ4v) is 4.08. The number of carbonyl (C=O) groups excluding carboxylic acids is 2. The molecule has 0 aliphatic carbocycles. The van der Waals surface area contributed by atoms with Gasteiger partial charge in [-0.1, -0.05) is 32.0 Å².